The molecule has 0 spiro atoms. The lowest BCUT2D eigenvalue weighted by Gasteiger charge is -2.21. The molecule has 0 bridgehead atoms. The molecule has 2 heterocycles. The van der Waals surface area contributed by atoms with Crippen molar-refractivity contribution < 1.29 is 0 Å². The van der Waals surface area contributed by atoms with Crippen molar-refractivity contribution in [3.8, 4) is 0 Å². The van der Waals surface area contributed by atoms with Crippen LogP contribution in [0, 0.1) is 0 Å². The van der Waals surface area contributed by atoms with Gasteiger partial charge in [-0.3, -0.25) is 5.43 Å². The number of rotatable bonds is 2. The first-order chi connectivity index (χ1) is 9.24. The lowest BCUT2D eigenvalue weighted by molar-refractivity contribution is 0.834. The smallest absolute Gasteiger partial charge is 0.0892 e. The van der Waals surface area contributed by atoms with Crippen LogP contribution in [0.2, 0.25) is 5.02 Å². The Hall–Kier alpha value is -1.58. The van der Waals surface area contributed by atoms with E-state index < -0.39 is 0 Å². The molecule has 96 valence electrons. The van der Waals surface area contributed by atoms with E-state index >= 15 is 0 Å². The first-order valence-corrected chi connectivity index (χ1v) is 7.31. The van der Waals surface area contributed by atoms with E-state index in [4.69, 9.17) is 11.6 Å². The number of hydrazone groups is 1. The van der Waals surface area contributed by atoms with E-state index in [-0.39, 0.29) is 5.92 Å². The van der Waals surface area contributed by atoms with Gasteiger partial charge >= 0.3 is 0 Å². The molecule has 1 N–H and O–H groups in total. The van der Waals surface area contributed by atoms with Crippen molar-refractivity contribution in [2.75, 3.05) is 0 Å². The molecule has 1 aliphatic rings. The number of nitrogens with one attached hydrogen (secondary N) is 1. The minimum Gasteiger partial charge on any atom is -0.283 e. The second-order valence-corrected chi connectivity index (χ2v) is 5.85. The molecule has 1 aliphatic heterocycles. The highest BCUT2D eigenvalue weighted by molar-refractivity contribution is 7.12. The quantitative estimate of drug-likeness (QED) is 0.870. The number of allylic oxidation sites excluding steroid dienone is 2. The van der Waals surface area contributed by atoms with Crippen LogP contribution in [0.5, 0.6) is 0 Å². The van der Waals surface area contributed by atoms with E-state index in [1.165, 1.54) is 10.4 Å². The molecule has 3 rings (SSSR count). The summed E-state index contributed by atoms with van der Waals surface area (Å²) in [5.41, 5.74) is 6.40. The Bertz CT molecular complexity index is 627. The van der Waals surface area contributed by atoms with Crippen LogP contribution in [0.1, 0.15) is 23.3 Å². The Balaban J connectivity index is 2.02. The van der Waals surface area contributed by atoms with Crippen LogP contribution in [0.15, 0.2) is 58.7 Å². The lowest BCUT2D eigenvalue weighted by Crippen LogP contribution is -2.21. The minimum absolute atomic E-state index is 0.178. The molecule has 2 aromatic rings. The molecule has 0 saturated heterocycles. The third kappa shape index (κ3) is 2.57. The van der Waals surface area contributed by atoms with Gasteiger partial charge in [0.15, 0.2) is 0 Å². The molecule has 0 saturated carbocycles. The van der Waals surface area contributed by atoms with Gasteiger partial charge in [0.05, 0.1) is 10.6 Å². The van der Waals surface area contributed by atoms with E-state index in [2.05, 4.69) is 40.2 Å². The molecule has 1 aromatic heterocycles. The highest BCUT2D eigenvalue weighted by atomic mass is 35.5. The summed E-state index contributed by atoms with van der Waals surface area (Å²) in [4.78, 5) is 1.19. The molecular weight excluding hydrogens is 276 g/mol. The van der Waals surface area contributed by atoms with Crippen LogP contribution in [0.4, 0.5) is 0 Å². The molecule has 0 aliphatic carbocycles. The van der Waals surface area contributed by atoms with Crippen LogP contribution < -0.4 is 5.43 Å². The van der Waals surface area contributed by atoms with Gasteiger partial charge in [-0.05, 0) is 36.1 Å². The zero-order valence-corrected chi connectivity index (χ0v) is 12.0. The normalized spacial score (nSPS) is 18.5. The van der Waals surface area contributed by atoms with Crippen LogP contribution in [0.25, 0.3) is 0 Å². The number of halogens is 1. The molecule has 1 unspecified atom stereocenters. The fourth-order valence-corrected chi connectivity index (χ4v) is 3.02. The van der Waals surface area contributed by atoms with E-state index in [9.17, 15) is 0 Å². The Morgan fingerprint density at radius 2 is 2.00 bits per heavy atom. The number of thiophene rings is 1. The van der Waals surface area contributed by atoms with E-state index in [1.54, 1.807) is 11.3 Å². The van der Waals surface area contributed by atoms with Gasteiger partial charge in [0, 0.05) is 16.6 Å². The largest absolute Gasteiger partial charge is 0.283 e. The van der Waals surface area contributed by atoms with Crippen molar-refractivity contribution in [3.05, 3.63) is 69.0 Å². The third-order valence-electron chi connectivity index (χ3n) is 3.07. The molecule has 0 radical (unpaired) electrons. The Labute approximate surface area is 121 Å². The van der Waals surface area contributed by atoms with Gasteiger partial charge in [0.1, 0.15) is 0 Å². The first-order valence-electron chi connectivity index (χ1n) is 6.05. The summed E-state index contributed by atoms with van der Waals surface area (Å²) in [6.07, 6.45) is 2.20. The second-order valence-electron chi connectivity index (χ2n) is 4.47. The fraction of sp³-hybridized carbons (Fsp3) is 0.133. The summed E-state index contributed by atoms with van der Waals surface area (Å²) in [5, 5.41) is 7.34. The molecule has 1 aromatic carbocycles. The van der Waals surface area contributed by atoms with Crippen molar-refractivity contribution in [2.24, 2.45) is 5.10 Å². The van der Waals surface area contributed by atoms with Crippen molar-refractivity contribution in [2.45, 2.75) is 12.8 Å². The maximum absolute atomic E-state index is 5.96. The standard InChI is InChI=1S/C15H13ClN2S/c1-10-9-13(11-4-6-12(16)7-5-11)15(18-17-10)14-3-2-8-19-14/h2-9,13,17H,1H3. The number of nitrogens with zero attached hydrogens (tertiary/aromatic N) is 1. The molecule has 0 amide bonds. The summed E-state index contributed by atoms with van der Waals surface area (Å²) in [6, 6.07) is 12.1. The van der Waals surface area contributed by atoms with E-state index in [0.29, 0.717) is 0 Å². The third-order valence-corrected chi connectivity index (χ3v) is 4.21. The second kappa shape index (κ2) is 5.19. The summed E-state index contributed by atoms with van der Waals surface area (Å²) < 4.78 is 0. The number of benzene rings is 1. The summed E-state index contributed by atoms with van der Waals surface area (Å²) in [5.74, 6) is 0.178. The SMILES string of the molecule is CC1=CC(c2ccc(Cl)cc2)C(c2cccs2)=NN1. The van der Waals surface area contributed by atoms with Gasteiger partial charge < -0.3 is 0 Å². The lowest BCUT2D eigenvalue weighted by atomic mass is 9.91. The maximum Gasteiger partial charge on any atom is 0.0892 e. The van der Waals surface area contributed by atoms with Crippen molar-refractivity contribution in [3.63, 3.8) is 0 Å². The predicted octanol–water partition coefficient (Wildman–Crippen LogP) is 4.40. The number of hydrogen-bond acceptors (Lipinski definition) is 3. The fourth-order valence-electron chi connectivity index (χ4n) is 2.14. The molecule has 4 heteroatoms. The molecule has 2 nitrogen and oxygen atoms in total. The monoisotopic (exact) mass is 288 g/mol. The highest BCUT2D eigenvalue weighted by Gasteiger charge is 2.22. The maximum atomic E-state index is 5.96. The summed E-state index contributed by atoms with van der Waals surface area (Å²) in [6.45, 7) is 2.03. The average Bonchev–Trinajstić information content (AvgIpc) is 2.93. The Kier molecular flexibility index (Phi) is 3.40. The van der Waals surface area contributed by atoms with Gasteiger partial charge in [-0.15, -0.1) is 11.3 Å². The minimum atomic E-state index is 0.178. The zero-order valence-electron chi connectivity index (χ0n) is 10.4. The zero-order chi connectivity index (χ0) is 13.2. The van der Waals surface area contributed by atoms with E-state index in [0.717, 1.165) is 16.4 Å². The van der Waals surface area contributed by atoms with Gasteiger partial charge in [0.2, 0.25) is 0 Å². The van der Waals surface area contributed by atoms with Crippen LogP contribution >= 0.6 is 22.9 Å². The van der Waals surface area contributed by atoms with Crippen molar-refractivity contribution >= 4 is 28.6 Å². The Morgan fingerprint density at radius 3 is 2.68 bits per heavy atom. The van der Waals surface area contributed by atoms with Gasteiger partial charge in [0.25, 0.3) is 0 Å². The first kappa shape index (κ1) is 12.5. The van der Waals surface area contributed by atoms with Crippen molar-refractivity contribution in [1.29, 1.82) is 0 Å². The van der Waals surface area contributed by atoms with Crippen LogP contribution in [-0.2, 0) is 0 Å². The predicted molar refractivity (Wildman–Crippen MR) is 81.9 cm³/mol. The average molecular weight is 289 g/mol. The molecular formula is C15H13ClN2S. The molecule has 19 heavy (non-hydrogen) atoms. The van der Waals surface area contributed by atoms with Gasteiger partial charge in [-0.25, -0.2) is 0 Å². The van der Waals surface area contributed by atoms with Crippen LogP contribution in [-0.4, -0.2) is 5.71 Å². The number of hydrogen-bond donors (Lipinski definition) is 1. The summed E-state index contributed by atoms with van der Waals surface area (Å²) >= 11 is 7.67. The van der Waals surface area contributed by atoms with E-state index in [1.807, 2.05) is 25.1 Å². The molecule has 0 fully saturated rings. The van der Waals surface area contributed by atoms with Crippen LogP contribution in [0.3, 0.4) is 0 Å². The van der Waals surface area contributed by atoms with Gasteiger partial charge in [-0.2, -0.15) is 5.10 Å². The topological polar surface area (TPSA) is 24.4 Å². The summed E-state index contributed by atoms with van der Waals surface area (Å²) in [7, 11) is 0. The molecule has 1 atom stereocenters. The van der Waals surface area contributed by atoms with Crippen molar-refractivity contribution in [1.82, 2.24) is 5.43 Å². The van der Waals surface area contributed by atoms with Gasteiger partial charge in [-0.1, -0.05) is 35.9 Å². The highest BCUT2D eigenvalue weighted by Crippen LogP contribution is 2.29. The Morgan fingerprint density at radius 1 is 1.21 bits per heavy atom.